The van der Waals surface area contributed by atoms with Gasteiger partial charge >= 0.3 is 0 Å². The van der Waals surface area contributed by atoms with Crippen molar-refractivity contribution in [1.82, 2.24) is 25.1 Å². The van der Waals surface area contributed by atoms with E-state index < -0.39 is 0 Å². The molecular weight excluding hydrogens is 338 g/mol. The van der Waals surface area contributed by atoms with Crippen molar-refractivity contribution in [3.05, 3.63) is 78.8 Å². The van der Waals surface area contributed by atoms with Crippen LogP contribution in [0.2, 0.25) is 0 Å². The standard InChI is InChI=1S/C21H15N5O/c1-14-17(12-22-26(14)16-10-6-3-7-11-16)20-21-18(13-27-25-21)19(23-24-20)15-8-4-2-5-9-15/h2-13H,1H3. The highest BCUT2D eigenvalue weighted by atomic mass is 16.5. The lowest BCUT2D eigenvalue weighted by atomic mass is 10.1. The summed E-state index contributed by atoms with van der Waals surface area (Å²) in [5.74, 6) is 0. The van der Waals surface area contributed by atoms with E-state index >= 15 is 0 Å². The zero-order valence-corrected chi connectivity index (χ0v) is 14.6. The van der Waals surface area contributed by atoms with Crippen molar-refractivity contribution >= 4 is 10.9 Å². The maximum atomic E-state index is 5.26. The van der Waals surface area contributed by atoms with Gasteiger partial charge in [-0.1, -0.05) is 53.7 Å². The Labute approximate surface area is 155 Å². The Balaban J connectivity index is 1.68. The van der Waals surface area contributed by atoms with Crippen molar-refractivity contribution in [3.63, 3.8) is 0 Å². The van der Waals surface area contributed by atoms with Gasteiger partial charge in [0.1, 0.15) is 23.2 Å². The molecule has 5 aromatic rings. The van der Waals surface area contributed by atoms with E-state index in [1.165, 1.54) is 0 Å². The van der Waals surface area contributed by atoms with Gasteiger partial charge in [0.05, 0.1) is 23.0 Å². The molecule has 3 aromatic heterocycles. The summed E-state index contributed by atoms with van der Waals surface area (Å²) < 4.78 is 7.15. The number of hydrogen-bond donors (Lipinski definition) is 0. The number of aromatic nitrogens is 5. The minimum Gasteiger partial charge on any atom is -0.363 e. The first kappa shape index (κ1) is 15.5. The van der Waals surface area contributed by atoms with E-state index in [0.717, 1.165) is 33.6 Å². The molecule has 0 fully saturated rings. The molecule has 0 N–H and O–H groups in total. The molecule has 3 heterocycles. The fourth-order valence-electron chi connectivity index (χ4n) is 3.24. The van der Waals surface area contributed by atoms with Gasteiger partial charge < -0.3 is 4.52 Å². The maximum Gasteiger partial charge on any atom is 0.144 e. The van der Waals surface area contributed by atoms with Crippen molar-refractivity contribution in [2.75, 3.05) is 0 Å². The van der Waals surface area contributed by atoms with E-state index in [0.29, 0.717) is 11.2 Å². The molecule has 0 aliphatic rings. The van der Waals surface area contributed by atoms with E-state index in [-0.39, 0.29) is 0 Å². The van der Waals surface area contributed by atoms with E-state index in [1.54, 1.807) is 12.5 Å². The highest BCUT2D eigenvalue weighted by Gasteiger charge is 2.19. The summed E-state index contributed by atoms with van der Waals surface area (Å²) in [6.07, 6.45) is 3.41. The number of para-hydroxylation sites is 1. The van der Waals surface area contributed by atoms with Gasteiger partial charge in [0.15, 0.2) is 0 Å². The van der Waals surface area contributed by atoms with Crippen LogP contribution < -0.4 is 0 Å². The molecule has 0 amide bonds. The Hall–Kier alpha value is -3.80. The van der Waals surface area contributed by atoms with E-state index in [2.05, 4.69) is 20.5 Å². The third kappa shape index (κ3) is 2.50. The molecule has 0 spiro atoms. The molecule has 6 nitrogen and oxygen atoms in total. The second-order valence-electron chi connectivity index (χ2n) is 6.23. The number of nitrogens with zero attached hydrogens (tertiary/aromatic N) is 5. The third-order valence-corrected chi connectivity index (χ3v) is 4.61. The van der Waals surface area contributed by atoms with E-state index in [4.69, 9.17) is 4.52 Å². The van der Waals surface area contributed by atoms with Gasteiger partial charge in [-0.3, -0.25) is 0 Å². The first-order valence-electron chi connectivity index (χ1n) is 8.59. The Morgan fingerprint density at radius 1 is 0.852 bits per heavy atom. The van der Waals surface area contributed by atoms with Crippen LogP contribution in [-0.2, 0) is 0 Å². The van der Waals surface area contributed by atoms with Crippen molar-refractivity contribution in [1.29, 1.82) is 0 Å². The van der Waals surface area contributed by atoms with Crippen LogP contribution in [-0.4, -0.2) is 25.1 Å². The topological polar surface area (TPSA) is 69.6 Å². The molecule has 0 bridgehead atoms. The Bertz CT molecular complexity index is 1230. The average molecular weight is 353 g/mol. The Kier molecular flexibility index (Phi) is 3.53. The zero-order chi connectivity index (χ0) is 18.2. The van der Waals surface area contributed by atoms with Gasteiger partial charge in [-0.05, 0) is 19.1 Å². The minimum absolute atomic E-state index is 0.665. The summed E-state index contributed by atoms with van der Waals surface area (Å²) in [5, 5.41) is 18.5. The molecule has 2 aromatic carbocycles. The second-order valence-corrected chi connectivity index (χ2v) is 6.23. The highest BCUT2D eigenvalue weighted by molar-refractivity contribution is 5.98. The quantitative estimate of drug-likeness (QED) is 0.479. The molecule has 0 unspecified atom stereocenters. The predicted octanol–water partition coefficient (Wildman–Crippen LogP) is 4.45. The Morgan fingerprint density at radius 2 is 1.56 bits per heavy atom. The summed E-state index contributed by atoms with van der Waals surface area (Å²) in [5.41, 5.74) is 5.91. The van der Waals surface area contributed by atoms with Crippen LogP contribution in [0.15, 0.2) is 77.6 Å². The molecular formula is C21H15N5O. The SMILES string of the molecule is Cc1c(-c2nnc(-c3ccccc3)c3conc23)cnn1-c1ccccc1. The molecule has 5 rings (SSSR count). The lowest BCUT2D eigenvalue weighted by Gasteiger charge is -2.06. The molecule has 130 valence electrons. The fourth-order valence-corrected chi connectivity index (χ4v) is 3.24. The molecule has 0 aliphatic carbocycles. The molecule has 0 aliphatic heterocycles. The molecule has 0 saturated carbocycles. The van der Waals surface area contributed by atoms with Crippen LogP contribution in [0, 0.1) is 6.92 Å². The van der Waals surface area contributed by atoms with Crippen LogP contribution in [0.3, 0.4) is 0 Å². The minimum atomic E-state index is 0.665. The van der Waals surface area contributed by atoms with Crippen LogP contribution in [0.4, 0.5) is 0 Å². The summed E-state index contributed by atoms with van der Waals surface area (Å²) in [4.78, 5) is 0. The maximum absolute atomic E-state index is 5.26. The monoisotopic (exact) mass is 353 g/mol. The normalized spacial score (nSPS) is 11.1. The number of fused-ring (bicyclic) bond motifs is 1. The molecule has 6 heteroatoms. The summed E-state index contributed by atoms with van der Waals surface area (Å²) in [6.45, 7) is 2.01. The predicted molar refractivity (Wildman–Crippen MR) is 102 cm³/mol. The molecule has 0 atom stereocenters. The fraction of sp³-hybridized carbons (Fsp3) is 0.0476. The van der Waals surface area contributed by atoms with Crippen molar-refractivity contribution in [3.8, 4) is 28.2 Å². The molecule has 27 heavy (non-hydrogen) atoms. The first-order chi connectivity index (χ1) is 13.3. The van der Waals surface area contributed by atoms with Gasteiger partial charge in [-0.15, -0.1) is 10.2 Å². The second kappa shape index (κ2) is 6.17. The van der Waals surface area contributed by atoms with Crippen LogP contribution >= 0.6 is 0 Å². The first-order valence-corrected chi connectivity index (χ1v) is 8.59. The van der Waals surface area contributed by atoms with E-state index in [1.807, 2.05) is 72.3 Å². The zero-order valence-electron chi connectivity index (χ0n) is 14.6. The van der Waals surface area contributed by atoms with Crippen LogP contribution in [0.25, 0.3) is 39.1 Å². The summed E-state index contributed by atoms with van der Waals surface area (Å²) in [6, 6.07) is 19.9. The number of benzene rings is 2. The van der Waals surface area contributed by atoms with Gasteiger partial charge in [0.25, 0.3) is 0 Å². The lowest BCUT2D eigenvalue weighted by molar-refractivity contribution is 0.428. The summed E-state index contributed by atoms with van der Waals surface area (Å²) >= 11 is 0. The molecule has 0 saturated heterocycles. The van der Waals surface area contributed by atoms with Crippen molar-refractivity contribution < 1.29 is 4.52 Å². The van der Waals surface area contributed by atoms with Gasteiger partial charge in [-0.2, -0.15) is 5.10 Å². The Morgan fingerprint density at radius 3 is 2.33 bits per heavy atom. The van der Waals surface area contributed by atoms with Gasteiger partial charge in [-0.25, -0.2) is 4.68 Å². The smallest absolute Gasteiger partial charge is 0.144 e. The van der Waals surface area contributed by atoms with E-state index in [9.17, 15) is 0 Å². The van der Waals surface area contributed by atoms with Gasteiger partial charge in [0, 0.05) is 11.1 Å². The number of rotatable bonds is 3. The lowest BCUT2D eigenvalue weighted by Crippen LogP contribution is -1.99. The molecule has 0 radical (unpaired) electrons. The average Bonchev–Trinajstić information content (AvgIpc) is 3.36. The van der Waals surface area contributed by atoms with Crippen molar-refractivity contribution in [2.24, 2.45) is 0 Å². The number of hydrogen-bond acceptors (Lipinski definition) is 5. The van der Waals surface area contributed by atoms with Gasteiger partial charge in [0.2, 0.25) is 0 Å². The largest absolute Gasteiger partial charge is 0.363 e. The third-order valence-electron chi connectivity index (χ3n) is 4.61. The van der Waals surface area contributed by atoms with Crippen molar-refractivity contribution in [2.45, 2.75) is 6.92 Å². The summed E-state index contributed by atoms with van der Waals surface area (Å²) in [7, 11) is 0. The van der Waals surface area contributed by atoms with Crippen LogP contribution in [0.5, 0.6) is 0 Å². The van der Waals surface area contributed by atoms with Crippen LogP contribution in [0.1, 0.15) is 5.69 Å². The highest BCUT2D eigenvalue weighted by Crippen LogP contribution is 2.33.